The maximum absolute atomic E-state index is 5.70. The van der Waals surface area contributed by atoms with Gasteiger partial charge in [0, 0.05) is 5.56 Å². The van der Waals surface area contributed by atoms with E-state index in [0.29, 0.717) is 12.5 Å². The van der Waals surface area contributed by atoms with Crippen molar-refractivity contribution in [3.8, 4) is 17.2 Å². The summed E-state index contributed by atoms with van der Waals surface area (Å²) < 4.78 is 11.0. The highest BCUT2D eigenvalue weighted by Crippen LogP contribution is 2.19. The molecule has 19 heavy (non-hydrogen) atoms. The fraction of sp³-hybridized carbons (Fsp3) is 0.0625. The topological polar surface area (TPSA) is 35.3 Å². The van der Waals surface area contributed by atoms with Crippen molar-refractivity contribution >= 4 is 0 Å². The Labute approximate surface area is 111 Å². The van der Waals surface area contributed by atoms with Gasteiger partial charge in [-0.1, -0.05) is 30.3 Å². The highest BCUT2D eigenvalue weighted by atomic mass is 16.5. The average molecular weight is 250 g/mol. The van der Waals surface area contributed by atoms with Crippen molar-refractivity contribution < 1.29 is 9.15 Å². The predicted molar refractivity (Wildman–Crippen MR) is 71.5 cm³/mol. The molecule has 1 aromatic heterocycles. The van der Waals surface area contributed by atoms with Gasteiger partial charge in [0.2, 0.25) is 5.89 Å². The van der Waals surface area contributed by atoms with Gasteiger partial charge in [-0.3, -0.25) is 0 Å². The Morgan fingerprint density at radius 3 is 2.84 bits per heavy atom. The van der Waals surface area contributed by atoms with E-state index in [1.54, 1.807) is 12.5 Å². The van der Waals surface area contributed by atoms with Crippen LogP contribution in [-0.4, -0.2) is 4.98 Å². The Morgan fingerprint density at radius 1 is 1.16 bits per heavy atom. The van der Waals surface area contributed by atoms with Gasteiger partial charge in [-0.05, 0) is 29.8 Å². The zero-order chi connectivity index (χ0) is 12.9. The molecule has 1 heterocycles. The number of benzene rings is 2. The van der Waals surface area contributed by atoms with Gasteiger partial charge in [0.1, 0.15) is 18.6 Å². The van der Waals surface area contributed by atoms with Crippen molar-refractivity contribution in [2.45, 2.75) is 6.61 Å². The van der Waals surface area contributed by atoms with Crippen LogP contribution in [0, 0.1) is 6.07 Å². The van der Waals surface area contributed by atoms with Crippen LogP contribution in [0.4, 0.5) is 0 Å². The SMILES string of the molecule is [c]1ccc(COc2ccccc2)cc1-c1ncco1. The lowest BCUT2D eigenvalue weighted by molar-refractivity contribution is 0.306. The number of hydrogen-bond donors (Lipinski definition) is 0. The third-order valence-electron chi connectivity index (χ3n) is 2.68. The summed E-state index contributed by atoms with van der Waals surface area (Å²) in [4.78, 5) is 4.11. The van der Waals surface area contributed by atoms with Gasteiger partial charge in [-0.2, -0.15) is 0 Å². The van der Waals surface area contributed by atoms with E-state index in [1.165, 1.54) is 0 Å². The summed E-state index contributed by atoms with van der Waals surface area (Å²) in [6.07, 6.45) is 3.17. The molecule has 3 nitrogen and oxygen atoms in total. The van der Waals surface area contributed by atoms with E-state index >= 15 is 0 Å². The second-order valence-electron chi connectivity index (χ2n) is 4.05. The summed E-state index contributed by atoms with van der Waals surface area (Å²) in [5.74, 6) is 1.43. The number of nitrogens with zero attached hydrogens (tertiary/aromatic N) is 1. The average Bonchev–Trinajstić information content (AvgIpc) is 3.01. The molecule has 0 aliphatic rings. The number of oxazole rings is 1. The van der Waals surface area contributed by atoms with E-state index < -0.39 is 0 Å². The van der Waals surface area contributed by atoms with Crippen LogP contribution in [0.25, 0.3) is 11.5 Å². The summed E-state index contributed by atoms with van der Waals surface area (Å²) in [6, 6.07) is 18.6. The van der Waals surface area contributed by atoms with E-state index in [0.717, 1.165) is 16.9 Å². The lowest BCUT2D eigenvalue weighted by Gasteiger charge is -2.06. The zero-order valence-corrected chi connectivity index (χ0v) is 10.2. The molecule has 0 saturated carbocycles. The number of aromatic nitrogens is 1. The van der Waals surface area contributed by atoms with Crippen molar-refractivity contribution in [2.75, 3.05) is 0 Å². The minimum atomic E-state index is 0.506. The molecule has 3 rings (SSSR count). The minimum Gasteiger partial charge on any atom is -0.489 e. The Morgan fingerprint density at radius 2 is 2.05 bits per heavy atom. The fourth-order valence-corrected chi connectivity index (χ4v) is 1.77. The van der Waals surface area contributed by atoms with Crippen LogP contribution < -0.4 is 4.74 Å². The number of hydrogen-bond acceptors (Lipinski definition) is 3. The number of ether oxygens (including phenoxy) is 1. The molecule has 0 amide bonds. The molecule has 2 aromatic carbocycles. The Hall–Kier alpha value is -2.55. The molecule has 0 unspecified atom stereocenters. The molecule has 1 radical (unpaired) electrons. The largest absolute Gasteiger partial charge is 0.489 e. The first-order valence-electron chi connectivity index (χ1n) is 6.00. The molecule has 0 atom stereocenters. The lowest BCUT2D eigenvalue weighted by atomic mass is 10.1. The van der Waals surface area contributed by atoms with E-state index in [9.17, 15) is 0 Å². The molecule has 0 spiro atoms. The number of para-hydroxylation sites is 1. The van der Waals surface area contributed by atoms with Crippen LogP contribution in [0.5, 0.6) is 5.75 Å². The standard InChI is InChI=1S/C16H12NO2/c1-2-7-15(8-3-1)19-12-13-5-4-6-14(11-13)16-17-9-10-18-16/h1-5,7-11H,12H2. The van der Waals surface area contributed by atoms with Crippen molar-refractivity contribution in [3.05, 3.63) is 72.6 Å². The summed E-state index contributed by atoms with van der Waals surface area (Å²) in [6.45, 7) is 0.506. The Balaban J connectivity index is 1.74. The summed E-state index contributed by atoms with van der Waals surface area (Å²) >= 11 is 0. The molecule has 3 heteroatoms. The first-order chi connectivity index (χ1) is 9.42. The molecule has 0 N–H and O–H groups in total. The third-order valence-corrected chi connectivity index (χ3v) is 2.68. The van der Waals surface area contributed by atoms with Gasteiger partial charge >= 0.3 is 0 Å². The van der Waals surface area contributed by atoms with Gasteiger partial charge in [0.25, 0.3) is 0 Å². The van der Waals surface area contributed by atoms with Crippen molar-refractivity contribution in [1.82, 2.24) is 4.98 Å². The van der Waals surface area contributed by atoms with Crippen LogP contribution in [0.3, 0.4) is 0 Å². The quantitative estimate of drug-likeness (QED) is 0.707. The monoisotopic (exact) mass is 250 g/mol. The van der Waals surface area contributed by atoms with Crippen LogP contribution in [0.15, 0.2) is 65.4 Å². The van der Waals surface area contributed by atoms with Crippen LogP contribution in [-0.2, 0) is 6.61 Å². The highest BCUT2D eigenvalue weighted by molar-refractivity contribution is 5.53. The van der Waals surface area contributed by atoms with Crippen LogP contribution >= 0.6 is 0 Å². The van der Waals surface area contributed by atoms with Crippen molar-refractivity contribution in [3.63, 3.8) is 0 Å². The predicted octanol–water partition coefficient (Wildman–Crippen LogP) is 3.72. The third kappa shape index (κ3) is 2.83. The first-order valence-corrected chi connectivity index (χ1v) is 6.00. The van der Waals surface area contributed by atoms with E-state index in [1.807, 2.05) is 48.5 Å². The molecular formula is C16H12NO2. The molecule has 3 aromatic rings. The minimum absolute atomic E-state index is 0.506. The Bertz CT molecular complexity index is 633. The first kappa shape index (κ1) is 11.5. The van der Waals surface area contributed by atoms with Crippen molar-refractivity contribution in [2.24, 2.45) is 0 Å². The highest BCUT2D eigenvalue weighted by Gasteiger charge is 2.04. The molecule has 0 fully saturated rings. The lowest BCUT2D eigenvalue weighted by Crippen LogP contribution is -1.95. The summed E-state index contributed by atoms with van der Waals surface area (Å²) in [5.41, 5.74) is 1.88. The second-order valence-corrected chi connectivity index (χ2v) is 4.05. The molecule has 0 aliphatic carbocycles. The Kier molecular flexibility index (Phi) is 3.28. The normalized spacial score (nSPS) is 10.3. The van der Waals surface area contributed by atoms with Gasteiger partial charge in [-0.25, -0.2) is 4.98 Å². The van der Waals surface area contributed by atoms with Gasteiger partial charge in [0.05, 0.1) is 6.20 Å². The maximum atomic E-state index is 5.70. The zero-order valence-electron chi connectivity index (χ0n) is 10.2. The van der Waals surface area contributed by atoms with Crippen molar-refractivity contribution in [1.29, 1.82) is 0 Å². The molecule has 93 valence electrons. The second kappa shape index (κ2) is 5.40. The van der Waals surface area contributed by atoms with Crippen LogP contribution in [0.2, 0.25) is 0 Å². The fourth-order valence-electron chi connectivity index (χ4n) is 1.77. The summed E-state index contributed by atoms with van der Waals surface area (Å²) in [7, 11) is 0. The van der Waals surface area contributed by atoms with Gasteiger partial charge in [0.15, 0.2) is 0 Å². The molecule has 0 aliphatic heterocycles. The smallest absolute Gasteiger partial charge is 0.226 e. The van der Waals surface area contributed by atoms with Gasteiger partial charge < -0.3 is 9.15 Å². The maximum Gasteiger partial charge on any atom is 0.226 e. The van der Waals surface area contributed by atoms with Crippen LogP contribution in [0.1, 0.15) is 5.56 Å². The van der Waals surface area contributed by atoms with E-state index in [-0.39, 0.29) is 0 Å². The van der Waals surface area contributed by atoms with E-state index in [4.69, 9.17) is 9.15 Å². The number of rotatable bonds is 4. The molecule has 0 bridgehead atoms. The molecule has 0 saturated heterocycles. The van der Waals surface area contributed by atoms with Gasteiger partial charge in [-0.15, -0.1) is 0 Å². The van der Waals surface area contributed by atoms with E-state index in [2.05, 4.69) is 11.1 Å². The molecular weight excluding hydrogens is 238 g/mol. The summed E-state index contributed by atoms with van der Waals surface area (Å²) in [5, 5.41) is 0.